The number of anilines is 1. The lowest BCUT2D eigenvalue weighted by Gasteiger charge is -2.13. The monoisotopic (exact) mass is 419 g/mol. The number of rotatable bonds is 5. The van der Waals surface area contributed by atoms with Crippen LogP contribution < -0.4 is 10.9 Å². The zero-order valence-corrected chi connectivity index (χ0v) is 16.1. The number of hydrogen-bond donors (Lipinski definition) is 2. The summed E-state index contributed by atoms with van der Waals surface area (Å²) in [6, 6.07) is 18.2. The standard InChI is InChI=1S/C21H14ClN5O3/c22-16-7-3-13(4-8-16)18-12-15-2-1-11-23-19(15)24-20(18)25-26-21(28)14-5-9-17(10-6-14)27(29)30/h1-12H,(H,26,28)(H,23,24,25). The number of non-ortho nitro benzene ring substituents is 1. The van der Waals surface area contributed by atoms with Crippen LogP contribution in [0.5, 0.6) is 0 Å². The Labute approximate surface area is 175 Å². The second-order valence-electron chi connectivity index (χ2n) is 6.32. The lowest BCUT2D eigenvalue weighted by molar-refractivity contribution is -0.384. The number of fused-ring (bicyclic) bond motifs is 1. The summed E-state index contributed by atoms with van der Waals surface area (Å²) in [6.45, 7) is 0. The van der Waals surface area contributed by atoms with Crippen molar-refractivity contribution in [3.8, 4) is 11.1 Å². The van der Waals surface area contributed by atoms with Crippen molar-refractivity contribution in [1.82, 2.24) is 15.4 Å². The first kappa shape index (κ1) is 19.3. The Bertz CT molecular complexity index is 1240. The Morgan fingerprint density at radius 1 is 1.03 bits per heavy atom. The van der Waals surface area contributed by atoms with Crippen LogP contribution in [0, 0.1) is 10.1 Å². The molecule has 0 atom stereocenters. The number of nitrogens with one attached hydrogen (secondary N) is 2. The topological polar surface area (TPSA) is 110 Å². The van der Waals surface area contributed by atoms with Crippen LogP contribution in [-0.2, 0) is 0 Å². The molecule has 1 amide bonds. The number of aromatic nitrogens is 2. The first-order valence-electron chi connectivity index (χ1n) is 8.84. The zero-order valence-electron chi connectivity index (χ0n) is 15.4. The van der Waals surface area contributed by atoms with Crippen molar-refractivity contribution in [2.24, 2.45) is 0 Å². The minimum atomic E-state index is -0.523. The lowest BCUT2D eigenvalue weighted by Crippen LogP contribution is -2.30. The van der Waals surface area contributed by atoms with Gasteiger partial charge in [0.05, 0.1) is 4.92 Å². The number of hydrazine groups is 1. The summed E-state index contributed by atoms with van der Waals surface area (Å²) in [5.74, 6) is -0.0614. The van der Waals surface area contributed by atoms with E-state index in [0.29, 0.717) is 16.5 Å². The molecule has 0 aliphatic rings. The summed E-state index contributed by atoms with van der Waals surface area (Å²) in [7, 11) is 0. The molecule has 0 saturated heterocycles. The van der Waals surface area contributed by atoms with E-state index in [1.54, 1.807) is 18.3 Å². The van der Waals surface area contributed by atoms with E-state index in [0.717, 1.165) is 16.5 Å². The van der Waals surface area contributed by atoms with Crippen LogP contribution in [0.1, 0.15) is 10.4 Å². The molecule has 0 saturated carbocycles. The number of nitro groups is 1. The maximum absolute atomic E-state index is 12.5. The minimum absolute atomic E-state index is 0.0909. The van der Waals surface area contributed by atoms with Gasteiger partial charge in [0.1, 0.15) is 0 Å². The molecule has 0 aliphatic heterocycles. The number of carbonyl (C=O) groups is 1. The molecule has 0 bridgehead atoms. The molecule has 8 nitrogen and oxygen atoms in total. The summed E-state index contributed by atoms with van der Waals surface area (Å²) in [4.78, 5) is 31.5. The minimum Gasteiger partial charge on any atom is -0.281 e. The van der Waals surface area contributed by atoms with Crippen molar-refractivity contribution >= 4 is 40.0 Å². The van der Waals surface area contributed by atoms with Gasteiger partial charge in [0.25, 0.3) is 11.6 Å². The van der Waals surface area contributed by atoms with E-state index in [9.17, 15) is 14.9 Å². The highest BCUT2D eigenvalue weighted by Crippen LogP contribution is 2.30. The molecule has 0 fully saturated rings. The van der Waals surface area contributed by atoms with Crippen LogP contribution in [0.4, 0.5) is 11.5 Å². The van der Waals surface area contributed by atoms with Crippen LogP contribution in [0.25, 0.3) is 22.2 Å². The molecule has 2 aromatic carbocycles. The molecule has 9 heteroatoms. The number of hydrogen-bond acceptors (Lipinski definition) is 6. The first-order valence-corrected chi connectivity index (χ1v) is 9.21. The fraction of sp³-hybridized carbons (Fsp3) is 0. The van der Waals surface area contributed by atoms with Gasteiger partial charge in [-0.1, -0.05) is 23.7 Å². The summed E-state index contributed by atoms with van der Waals surface area (Å²) >= 11 is 5.99. The van der Waals surface area contributed by atoms with E-state index in [2.05, 4.69) is 20.8 Å². The predicted octanol–water partition coefficient (Wildman–Crippen LogP) is 4.62. The molecule has 0 unspecified atom stereocenters. The molecule has 30 heavy (non-hydrogen) atoms. The quantitative estimate of drug-likeness (QED) is 0.361. The van der Waals surface area contributed by atoms with Crippen molar-refractivity contribution < 1.29 is 9.72 Å². The van der Waals surface area contributed by atoms with Crippen LogP contribution in [-0.4, -0.2) is 20.8 Å². The van der Waals surface area contributed by atoms with Crippen LogP contribution in [0.15, 0.2) is 72.9 Å². The van der Waals surface area contributed by atoms with E-state index in [1.165, 1.54) is 24.3 Å². The molecule has 148 valence electrons. The summed E-state index contributed by atoms with van der Waals surface area (Å²) in [6.07, 6.45) is 1.64. The second-order valence-corrected chi connectivity index (χ2v) is 6.76. The Hall–Kier alpha value is -4.04. The molecular formula is C21H14ClN5O3. The number of halogens is 1. The number of nitro benzene ring substituents is 1. The van der Waals surface area contributed by atoms with Gasteiger partial charge in [0.2, 0.25) is 0 Å². The van der Waals surface area contributed by atoms with Crippen LogP contribution in [0.2, 0.25) is 5.02 Å². The van der Waals surface area contributed by atoms with Gasteiger partial charge in [-0.3, -0.25) is 25.8 Å². The fourth-order valence-electron chi connectivity index (χ4n) is 2.87. The third-order valence-corrected chi connectivity index (χ3v) is 4.63. The Morgan fingerprint density at radius 3 is 2.47 bits per heavy atom. The van der Waals surface area contributed by atoms with Crippen molar-refractivity contribution in [2.75, 3.05) is 5.43 Å². The highest BCUT2D eigenvalue weighted by Gasteiger charge is 2.13. The summed E-state index contributed by atoms with van der Waals surface area (Å²) in [5.41, 5.74) is 7.70. The molecule has 0 radical (unpaired) electrons. The van der Waals surface area contributed by atoms with Crippen molar-refractivity contribution in [2.45, 2.75) is 0 Å². The van der Waals surface area contributed by atoms with Crippen LogP contribution >= 0.6 is 11.6 Å². The number of pyridine rings is 2. The molecule has 0 aliphatic carbocycles. The number of benzene rings is 2. The van der Waals surface area contributed by atoms with Gasteiger partial charge < -0.3 is 0 Å². The van der Waals surface area contributed by atoms with E-state index in [4.69, 9.17) is 11.6 Å². The maximum Gasteiger partial charge on any atom is 0.269 e. The van der Waals surface area contributed by atoms with Crippen molar-refractivity contribution in [3.63, 3.8) is 0 Å². The molecular weight excluding hydrogens is 406 g/mol. The Morgan fingerprint density at radius 2 is 1.77 bits per heavy atom. The highest BCUT2D eigenvalue weighted by molar-refractivity contribution is 6.30. The smallest absolute Gasteiger partial charge is 0.269 e. The van der Waals surface area contributed by atoms with E-state index < -0.39 is 10.8 Å². The van der Waals surface area contributed by atoms with Gasteiger partial charge in [-0.2, -0.15) is 0 Å². The number of amides is 1. The van der Waals surface area contributed by atoms with E-state index >= 15 is 0 Å². The van der Waals surface area contributed by atoms with Crippen molar-refractivity contribution in [1.29, 1.82) is 0 Å². The van der Waals surface area contributed by atoms with Gasteiger partial charge in [-0.25, -0.2) is 9.97 Å². The molecule has 4 aromatic rings. The Balaban J connectivity index is 1.63. The van der Waals surface area contributed by atoms with E-state index in [-0.39, 0.29) is 11.3 Å². The third kappa shape index (κ3) is 4.03. The number of nitrogens with zero attached hydrogens (tertiary/aromatic N) is 3. The van der Waals surface area contributed by atoms with Crippen molar-refractivity contribution in [3.05, 3.63) is 93.6 Å². The van der Waals surface area contributed by atoms with Gasteiger partial charge in [0, 0.05) is 39.9 Å². The molecule has 2 heterocycles. The van der Waals surface area contributed by atoms with Gasteiger partial charge >= 0.3 is 0 Å². The molecule has 4 rings (SSSR count). The lowest BCUT2D eigenvalue weighted by atomic mass is 10.1. The third-order valence-electron chi connectivity index (χ3n) is 4.38. The van der Waals surface area contributed by atoms with Gasteiger partial charge in [-0.05, 0) is 48.0 Å². The van der Waals surface area contributed by atoms with Gasteiger partial charge in [-0.15, -0.1) is 0 Å². The second kappa shape index (κ2) is 8.14. The average molecular weight is 420 g/mol. The SMILES string of the molecule is O=C(NNc1nc2ncccc2cc1-c1ccc(Cl)cc1)c1ccc([N+](=O)[O-])cc1. The molecule has 2 N–H and O–H groups in total. The maximum atomic E-state index is 12.5. The first-order chi connectivity index (χ1) is 14.5. The molecule has 0 spiro atoms. The highest BCUT2D eigenvalue weighted by atomic mass is 35.5. The zero-order chi connectivity index (χ0) is 21.1. The fourth-order valence-corrected chi connectivity index (χ4v) is 3.00. The van der Waals surface area contributed by atoms with E-state index in [1.807, 2.05) is 30.3 Å². The average Bonchev–Trinajstić information content (AvgIpc) is 2.77. The predicted molar refractivity (Wildman–Crippen MR) is 114 cm³/mol. The summed E-state index contributed by atoms with van der Waals surface area (Å²) < 4.78 is 0. The summed E-state index contributed by atoms with van der Waals surface area (Å²) in [5, 5.41) is 12.2. The molecule has 2 aromatic heterocycles. The largest absolute Gasteiger partial charge is 0.281 e. The van der Waals surface area contributed by atoms with Crippen LogP contribution in [0.3, 0.4) is 0 Å². The number of carbonyl (C=O) groups excluding carboxylic acids is 1. The Kier molecular flexibility index (Phi) is 5.23. The van der Waals surface area contributed by atoms with Gasteiger partial charge in [0.15, 0.2) is 11.5 Å². The normalized spacial score (nSPS) is 10.6.